The van der Waals surface area contributed by atoms with Gasteiger partial charge in [-0.3, -0.25) is 4.79 Å². The molecule has 0 saturated heterocycles. The minimum absolute atomic E-state index is 0.0493. The maximum atomic E-state index is 11.4. The summed E-state index contributed by atoms with van der Waals surface area (Å²) in [7, 11) is 0. The van der Waals surface area contributed by atoms with E-state index in [1.54, 1.807) is 0 Å². The topological polar surface area (TPSA) is 61.4 Å². The maximum absolute atomic E-state index is 11.4. The predicted molar refractivity (Wildman–Crippen MR) is 54.9 cm³/mol. The number of hydrogen-bond donors (Lipinski definition) is 3. The summed E-state index contributed by atoms with van der Waals surface area (Å²) >= 11 is 0. The summed E-state index contributed by atoms with van der Waals surface area (Å²) in [6.07, 6.45) is 2.33. The molecule has 14 heavy (non-hydrogen) atoms. The van der Waals surface area contributed by atoms with Crippen molar-refractivity contribution in [1.82, 2.24) is 10.6 Å². The van der Waals surface area contributed by atoms with Crippen LogP contribution in [0.4, 0.5) is 0 Å². The minimum Gasteiger partial charge on any atom is -0.393 e. The smallest absolute Gasteiger partial charge is 0.236 e. The summed E-state index contributed by atoms with van der Waals surface area (Å²) in [5.74, 6) is 0.0493. The standard InChI is InChI=1S/C10H20N2O2/c1-3-4-11-10(14)7(2)12-8-5-9(13)6-8/h7-9,12-13H,3-6H2,1-2H3,(H,11,14). The van der Waals surface area contributed by atoms with Crippen molar-refractivity contribution in [3.05, 3.63) is 0 Å². The summed E-state index contributed by atoms with van der Waals surface area (Å²) in [4.78, 5) is 11.4. The number of hydrogen-bond acceptors (Lipinski definition) is 3. The third-order valence-electron chi connectivity index (χ3n) is 2.54. The van der Waals surface area contributed by atoms with E-state index in [0.717, 1.165) is 25.8 Å². The van der Waals surface area contributed by atoms with Crippen LogP contribution in [0.5, 0.6) is 0 Å². The molecule has 0 heterocycles. The number of aliphatic hydroxyl groups is 1. The van der Waals surface area contributed by atoms with Gasteiger partial charge in [-0.1, -0.05) is 6.92 Å². The Balaban J connectivity index is 2.14. The molecule has 0 aromatic rings. The molecule has 1 saturated carbocycles. The molecule has 0 radical (unpaired) electrons. The van der Waals surface area contributed by atoms with E-state index < -0.39 is 0 Å². The Morgan fingerprint density at radius 1 is 1.57 bits per heavy atom. The van der Waals surface area contributed by atoms with Gasteiger partial charge in [-0.15, -0.1) is 0 Å². The van der Waals surface area contributed by atoms with Gasteiger partial charge in [-0.2, -0.15) is 0 Å². The van der Waals surface area contributed by atoms with E-state index in [2.05, 4.69) is 10.6 Å². The molecule has 1 unspecified atom stereocenters. The predicted octanol–water partition coefficient (Wildman–Crippen LogP) is 0.0140. The molecule has 1 fully saturated rings. The molecular weight excluding hydrogens is 180 g/mol. The van der Waals surface area contributed by atoms with Crippen LogP contribution in [0.15, 0.2) is 0 Å². The maximum Gasteiger partial charge on any atom is 0.236 e. The number of rotatable bonds is 5. The van der Waals surface area contributed by atoms with Crippen LogP contribution < -0.4 is 10.6 Å². The molecule has 0 aromatic heterocycles. The molecule has 0 spiro atoms. The highest BCUT2D eigenvalue weighted by Crippen LogP contribution is 2.19. The molecule has 4 nitrogen and oxygen atoms in total. The first kappa shape index (κ1) is 11.5. The number of nitrogens with one attached hydrogen (secondary N) is 2. The van der Waals surface area contributed by atoms with E-state index in [9.17, 15) is 4.79 Å². The molecule has 0 aliphatic heterocycles. The third-order valence-corrected chi connectivity index (χ3v) is 2.54. The van der Waals surface area contributed by atoms with Crippen LogP contribution in [-0.4, -0.2) is 35.7 Å². The second-order valence-corrected chi connectivity index (χ2v) is 4.00. The van der Waals surface area contributed by atoms with Gasteiger partial charge in [0.25, 0.3) is 0 Å². The summed E-state index contributed by atoms with van der Waals surface area (Å²) in [5, 5.41) is 15.1. The van der Waals surface area contributed by atoms with Gasteiger partial charge < -0.3 is 15.7 Å². The van der Waals surface area contributed by atoms with Crippen molar-refractivity contribution in [1.29, 1.82) is 0 Å². The Hall–Kier alpha value is -0.610. The lowest BCUT2D eigenvalue weighted by Crippen LogP contribution is -2.52. The van der Waals surface area contributed by atoms with Gasteiger partial charge >= 0.3 is 0 Å². The van der Waals surface area contributed by atoms with Crippen LogP contribution in [-0.2, 0) is 4.79 Å². The average Bonchev–Trinajstić information content (AvgIpc) is 2.11. The zero-order chi connectivity index (χ0) is 10.6. The lowest BCUT2D eigenvalue weighted by atomic mass is 9.89. The molecule has 82 valence electrons. The van der Waals surface area contributed by atoms with Gasteiger partial charge in [-0.05, 0) is 26.2 Å². The Kier molecular flexibility index (Phi) is 4.35. The third kappa shape index (κ3) is 3.27. The summed E-state index contributed by atoms with van der Waals surface area (Å²) < 4.78 is 0. The second kappa shape index (κ2) is 5.32. The van der Waals surface area contributed by atoms with E-state index >= 15 is 0 Å². The molecule has 1 rings (SSSR count). The highest BCUT2D eigenvalue weighted by Gasteiger charge is 2.29. The average molecular weight is 200 g/mol. The summed E-state index contributed by atoms with van der Waals surface area (Å²) in [6.45, 7) is 4.62. The van der Waals surface area contributed by atoms with E-state index in [0.29, 0.717) is 6.04 Å². The fraction of sp³-hybridized carbons (Fsp3) is 0.900. The highest BCUT2D eigenvalue weighted by molar-refractivity contribution is 5.81. The van der Waals surface area contributed by atoms with Crippen molar-refractivity contribution in [3.63, 3.8) is 0 Å². The molecule has 3 N–H and O–H groups in total. The van der Waals surface area contributed by atoms with Crippen LogP contribution in [0, 0.1) is 0 Å². The normalized spacial score (nSPS) is 27.9. The molecule has 1 amide bonds. The van der Waals surface area contributed by atoms with Gasteiger partial charge in [-0.25, -0.2) is 0 Å². The van der Waals surface area contributed by atoms with Gasteiger partial charge in [0.15, 0.2) is 0 Å². The van der Waals surface area contributed by atoms with Crippen molar-refractivity contribution < 1.29 is 9.90 Å². The molecule has 0 bridgehead atoms. The summed E-state index contributed by atoms with van der Waals surface area (Å²) in [6, 6.07) is 0.159. The Morgan fingerprint density at radius 2 is 2.21 bits per heavy atom. The van der Waals surface area contributed by atoms with Crippen molar-refractivity contribution in [3.8, 4) is 0 Å². The first-order valence-corrected chi connectivity index (χ1v) is 5.35. The molecule has 0 aromatic carbocycles. The minimum atomic E-state index is -0.168. The summed E-state index contributed by atoms with van der Waals surface area (Å²) in [5.41, 5.74) is 0. The van der Waals surface area contributed by atoms with E-state index in [-0.39, 0.29) is 18.1 Å². The van der Waals surface area contributed by atoms with Crippen LogP contribution in [0.2, 0.25) is 0 Å². The fourth-order valence-electron chi connectivity index (χ4n) is 1.55. The van der Waals surface area contributed by atoms with E-state index in [1.807, 2.05) is 13.8 Å². The van der Waals surface area contributed by atoms with Gasteiger partial charge in [0, 0.05) is 12.6 Å². The van der Waals surface area contributed by atoms with Gasteiger partial charge in [0.05, 0.1) is 12.1 Å². The van der Waals surface area contributed by atoms with E-state index in [1.165, 1.54) is 0 Å². The molecule has 1 atom stereocenters. The molecule has 1 aliphatic carbocycles. The van der Waals surface area contributed by atoms with Gasteiger partial charge in [0.2, 0.25) is 5.91 Å². The molecular formula is C10H20N2O2. The number of carbonyl (C=O) groups is 1. The second-order valence-electron chi connectivity index (χ2n) is 4.00. The Bertz CT molecular complexity index is 191. The van der Waals surface area contributed by atoms with Crippen LogP contribution in [0.25, 0.3) is 0 Å². The lowest BCUT2D eigenvalue weighted by Gasteiger charge is -2.34. The monoisotopic (exact) mass is 200 g/mol. The Labute approximate surface area is 85.1 Å². The van der Waals surface area contributed by atoms with Crippen molar-refractivity contribution >= 4 is 5.91 Å². The molecule has 1 aliphatic rings. The first-order chi connectivity index (χ1) is 6.63. The first-order valence-electron chi connectivity index (χ1n) is 5.35. The van der Waals surface area contributed by atoms with Crippen LogP contribution >= 0.6 is 0 Å². The zero-order valence-electron chi connectivity index (χ0n) is 8.92. The highest BCUT2D eigenvalue weighted by atomic mass is 16.3. The van der Waals surface area contributed by atoms with Crippen LogP contribution in [0.1, 0.15) is 33.1 Å². The van der Waals surface area contributed by atoms with Crippen LogP contribution in [0.3, 0.4) is 0 Å². The largest absolute Gasteiger partial charge is 0.393 e. The Morgan fingerprint density at radius 3 is 2.71 bits per heavy atom. The SMILES string of the molecule is CCCNC(=O)C(C)NC1CC(O)C1. The lowest BCUT2D eigenvalue weighted by molar-refractivity contribution is -0.123. The van der Waals surface area contributed by atoms with E-state index in [4.69, 9.17) is 5.11 Å². The fourth-order valence-corrected chi connectivity index (χ4v) is 1.55. The number of amides is 1. The number of aliphatic hydroxyl groups excluding tert-OH is 1. The quantitative estimate of drug-likeness (QED) is 0.586. The van der Waals surface area contributed by atoms with Crippen molar-refractivity contribution in [2.75, 3.05) is 6.54 Å². The number of carbonyl (C=O) groups excluding carboxylic acids is 1. The van der Waals surface area contributed by atoms with Gasteiger partial charge in [0.1, 0.15) is 0 Å². The van der Waals surface area contributed by atoms with Crippen molar-refractivity contribution in [2.24, 2.45) is 0 Å². The zero-order valence-corrected chi connectivity index (χ0v) is 8.92. The van der Waals surface area contributed by atoms with Crippen molar-refractivity contribution in [2.45, 2.75) is 51.3 Å². The molecule has 4 heteroatoms.